The Morgan fingerprint density at radius 2 is 2.25 bits per heavy atom. The normalized spacial score (nSPS) is 11.9. The Balaban J connectivity index is 2.17. The Morgan fingerprint density at radius 1 is 1.45 bits per heavy atom. The highest BCUT2D eigenvalue weighted by molar-refractivity contribution is 5.95. The van der Waals surface area contributed by atoms with E-state index in [1.807, 2.05) is 19.1 Å². The summed E-state index contributed by atoms with van der Waals surface area (Å²) in [7, 11) is 0. The van der Waals surface area contributed by atoms with Crippen molar-refractivity contribution in [2.45, 2.75) is 26.3 Å². The van der Waals surface area contributed by atoms with Crippen molar-refractivity contribution < 1.29 is 4.79 Å². The first-order valence-corrected chi connectivity index (χ1v) is 6.41. The van der Waals surface area contributed by atoms with Crippen LogP contribution in [0.5, 0.6) is 0 Å². The van der Waals surface area contributed by atoms with Crippen LogP contribution < -0.4 is 11.1 Å². The van der Waals surface area contributed by atoms with E-state index in [1.54, 1.807) is 19.3 Å². The van der Waals surface area contributed by atoms with Crippen molar-refractivity contribution in [3.8, 4) is 0 Å². The minimum absolute atomic E-state index is 0.0897. The lowest BCUT2D eigenvalue weighted by molar-refractivity contribution is 0.0934. The molecule has 0 fully saturated rings. The van der Waals surface area contributed by atoms with E-state index in [4.69, 9.17) is 5.73 Å². The second kappa shape index (κ2) is 6.10. The zero-order chi connectivity index (χ0) is 14.5. The van der Waals surface area contributed by atoms with Gasteiger partial charge in [0, 0.05) is 18.6 Å². The number of carbonyl (C=O) groups excluding carboxylic acids is 1. The molecule has 0 bridgehead atoms. The third kappa shape index (κ3) is 3.09. The van der Waals surface area contributed by atoms with Crippen LogP contribution in [0.2, 0.25) is 0 Å². The number of nitrogens with one attached hydrogen (secondary N) is 1. The summed E-state index contributed by atoms with van der Waals surface area (Å²) < 4.78 is 0. The summed E-state index contributed by atoms with van der Waals surface area (Å²) in [5.74, 6) is -0.0449. The van der Waals surface area contributed by atoms with Crippen molar-refractivity contribution >= 4 is 11.9 Å². The van der Waals surface area contributed by atoms with E-state index < -0.39 is 0 Å². The molecule has 0 spiro atoms. The van der Waals surface area contributed by atoms with E-state index in [1.165, 1.54) is 6.20 Å². The number of nitrogens with zero attached hydrogens (tertiary/aromatic N) is 3. The topological polar surface area (TPSA) is 93.8 Å². The number of nitrogens with two attached hydrogens (primary N) is 1. The van der Waals surface area contributed by atoms with Crippen molar-refractivity contribution in [3.05, 3.63) is 47.5 Å². The molecular formula is C14H17N5O. The van der Waals surface area contributed by atoms with Gasteiger partial charge in [0.25, 0.3) is 5.91 Å². The van der Waals surface area contributed by atoms with Gasteiger partial charge in [-0.1, -0.05) is 13.0 Å². The zero-order valence-electron chi connectivity index (χ0n) is 11.5. The molecule has 2 aromatic heterocycles. The van der Waals surface area contributed by atoms with E-state index in [9.17, 15) is 4.79 Å². The lowest BCUT2D eigenvalue weighted by atomic mass is 10.1. The Morgan fingerprint density at radius 3 is 2.85 bits per heavy atom. The third-order valence-electron chi connectivity index (χ3n) is 3.04. The first kappa shape index (κ1) is 13.9. The average Bonchev–Trinajstić information content (AvgIpc) is 2.45. The number of nitrogen functional groups attached to an aromatic ring is 1. The van der Waals surface area contributed by atoms with Gasteiger partial charge in [-0.2, -0.15) is 0 Å². The average molecular weight is 271 g/mol. The fourth-order valence-corrected chi connectivity index (χ4v) is 1.95. The summed E-state index contributed by atoms with van der Waals surface area (Å²) in [5, 5.41) is 2.96. The second-order valence-electron chi connectivity index (χ2n) is 4.45. The van der Waals surface area contributed by atoms with Crippen LogP contribution in [-0.4, -0.2) is 20.9 Å². The molecule has 0 aliphatic carbocycles. The van der Waals surface area contributed by atoms with Crippen LogP contribution >= 0.6 is 0 Å². The number of carbonyl (C=O) groups is 1. The first-order chi connectivity index (χ1) is 9.61. The van der Waals surface area contributed by atoms with E-state index in [0.717, 1.165) is 12.0 Å². The summed E-state index contributed by atoms with van der Waals surface area (Å²) in [6.07, 6.45) is 5.67. The quantitative estimate of drug-likeness (QED) is 0.881. The van der Waals surface area contributed by atoms with Crippen LogP contribution in [0.25, 0.3) is 0 Å². The molecule has 20 heavy (non-hydrogen) atoms. The largest absolute Gasteiger partial charge is 0.368 e. The Labute approximate surface area is 117 Å². The van der Waals surface area contributed by atoms with Gasteiger partial charge >= 0.3 is 0 Å². The number of aryl methyl sites for hydroxylation is 1. The number of rotatable bonds is 4. The molecule has 2 heterocycles. The summed E-state index contributed by atoms with van der Waals surface area (Å²) in [5.41, 5.74) is 7.45. The van der Waals surface area contributed by atoms with Gasteiger partial charge in [0.15, 0.2) is 0 Å². The lowest BCUT2D eigenvalue weighted by Gasteiger charge is -2.17. The third-order valence-corrected chi connectivity index (χ3v) is 3.04. The molecule has 0 aliphatic heterocycles. The molecule has 0 saturated heterocycles. The molecule has 6 nitrogen and oxygen atoms in total. The zero-order valence-corrected chi connectivity index (χ0v) is 11.5. The predicted octanol–water partition coefficient (Wildman–Crippen LogP) is 1.64. The van der Waals surface area contributed by atoms with Gasteiger partial charge in [0.1, 0.15) is 0 Å². The molecular weight excluding hydrogens is 254 g/mol. The van der Waals surface area contributed by atoms with Gasteiger partial charge in [-0.15, -0.1) is 0 Å². The summed E-state index contributed by atoms with van der Waals surface area (Å²) >= 11 is 0. The van der Waals surface area contributed by atoms with Crippen molar-refractivity contribution in [2.24, 2.45) is 0 Å². The second-order valence-corrected chi connectivity index (χ2v) is 4.45. The van der Waals surface area contributed by atoms with Crippen molar-refractivity contribution in [2.75, 3.05) is 5.73 Å². The minimum atomic E-state index is -0.210. The number of amides is 1. The van der Waals surface area contributed by atoms with Gasteiger partial charge in [-0.25, -0.2) is 9.97 Å². The molecule has 0 radical (unpaired) electrons. The Hall–Kier alpha value is -2.50. The molecule has 3 N–H and O–H groups in total. The summed E-state index contributed by atoms with van der Waals surface area (Å²) in [6, 6.07) is 3.70. The maximum absolute atomic E-state index is 12.3. The monoisotopic (exact) mass is 271 g/mol. The molecule has 6 heteroatoms. The molecule has 2 aromatic rings. The molecule has 0 aromatic carbocycles. The number of hydrogen-bond donors (Lipinski definition) is 2. The highest BCUT2D eigenvalue weighted by Gasteiger charge is 2.16. The predicted molar refractivity (Wildman–Crippen MR) is 75.9 cm³/mol. The molecule has 1 amide bonds. The van der Waals surface area contributed by atoms with Gasteiger partial charge < -0.3 is 11.1 Å². The van der Waals surface area contributed by atoms with Crippen molar-refractivity contribution in [1.29, 1.82) is 0 Å². The molecule has 2 rings (SSSR count). The molecule has 104 valence electrons. The van der Waals surface area contributed by atoms with Crippen LogP contribution in [0.1, 0.15) is 41.0 Å². The molecule has 0 unspecified atom stereocenters. The molecule has 1 atom stereocenters. The van der Waals surface area contributed by atoms with Crippen LogP contribution in [0.3, 0.4) is 0 Å². The number of pyridine rings is 1. The fourth-order valence-electron chi connectivity index (χ4n) is 1.95. The standard InChI is InChI=1S/C14H17N5O/c1-3-12(10-5-4-6-16-7-10)19-13(20)11-8-17-14(15)18-9(11)2/h4-8,12H,3H2,1-2H3,(H,19,20)(H2,15,17,18)/t12-/m1/s1. The number of aromatic nitrogens is 3. The van der Waals surface area contributed by atoms with Crippen molar-refractivity contribution in [3.63, 3.8) is 0 Å². The first-order valence-electron chi connectivity index (χ1n) is 6.41. The Kier molecular flexibility index (Phi) is 4.24. The maximum atomic E-state index is 12.3. The number of anilines is 1. The van der Waals surface area contributed by atoms with E-state index in [0.29, 0.717) is 11.3 Å². The van der Waals surface area contributed by atoms with Crippen LogP contribution in [0, 0.1) is 6.92 Å². The van der Waals surface area contributed by atoms with E-state index in [2.05, 4.69) is 20.3 Å². The summed E-state index contributed by atoms with van der Waals surface area (Å²) in [6.45, 7) is 3.74. The smallest absolute Gasteiger partial charge is 0.255 e. The fraction of sp³-hybridized carbons (Fsp3) is 0.286. The van der Waals surface area contributed by atoms with Gasteiger partial charge in [-0.3, -0.25) is 9.78 Å². The molecule has 0 aliphatic rings. The molecule has 0 saturated carbocycles. The Bertz CT molecular complexity index is 600. The summed E-state index contributed by atoms with van der Waals surface area (Å²) in [4.78, 5) is 24.2. The van der Waals surface area contributed by atoms with E-state index >= 15 is 0 Å². The highest BCUT2D eigenvalue weighted by atomic mass is 16.1. The van der Waals surface area contributed by atoms with Gasteiger partial charge in [-0.05, 0) is 25.0 Å². The van der Waals surface area contributed by atoms with Crippen LogP contribution in [0.15, 0.2) is 30.7 Å². The lowest BCUT2D eigenvalue weighted by Crippen LogP contribution is -2.29. The van der Waals surface area contributed by atoms with Crippen LogP contribution in [-0.2, 0) is 0 Å². The number of hydrogen-bond acceptors (Lipinski definition) is 5. The van der Waals surface area contributed by atoms with Gasteiger partial charge in [0.2, 0.25) is 5.95 Å². The van der Waals surface area contributed by atoms with Crippen LogP contribution in [0.4, 0.5) is 5.95 Å². The minimum Gasteiger partial charge on any atom is -0.368 e. The highest BCUT2D eigenvalue weighted by Crippen LogP contribution is 2.16. The van der Waals surface area contributed by atoms with Gasteiger partial charge in [0.05, 0.1) is 17.3 Å². The van der Waals surface area contributed by atoms with E-state index in [-0.39, 0.29) is 17.9 Å². The maximum Gasteiger partial charge on any atom is 0.255 e. The SMILES string of the molecule is CC[C@@H](NC(=O)c1cnc(N)nc1C)c1cccnc1. The van der Waals surface area contributed by atoms with Crippen molar-refractivity contribution in [1.82, 2.24) is 20.3 Å².